The second-order valence-electron chi connectivity index (χ2n) is 4.53. The number of nitrogens with zero attached hydrogens (tertiary/aromatic N) is 1. The van der Waals surface area contributed by atoms with Gasteiger partial charge in [-0.05, 0) is 25.1 Å². The Morgan fingerprint density at radius 2 is 1.84 bits per heavy atom. The summed E-state index contributed by atoms with van der Waals surface area (Å²) in [4.78, 5) is 11.0. The van der Waals surface area contributed by atoms with Crippen LogP contribution in [0.15, 0.2) is 42.5 Å². The van der Waals surface area contributed by atoms with Crippen LogP contribution in [0.4, 0.5) is 0 Å². The minimum atomic E-state index is -0.293. The molecule has 0 saturated carbocycles. The number of para-hydroxylation sites is 1. The van der Waals surface area contributed by atoms with E-state index >= 15 is 0 Å². The number of aryl methyl sites for hydroxylation is 1. The van der Waals surface area contributed by atoms with Crippen molar-refractivity contribution in [3.63, 3.8) is 0 Å². The molecule has 0 aliphatic rings. The first-order valence-corrected chi connectivity index (χ1v) is 6.40. The Labute approximate surface area is 111 Å². The summed E-state index contributed by atoms with van der Waals surface area (Å²) < 4.78 is 7.40. The van der Waals surface area contributed by atoms with Gasteiger partial charge in [0.05, 0.1) is 5.52 Å². The predicted molar refractivity (Wildman–Crippen MR) is 76.4 cm³/mol. The van der Waals surface area contributed by atoms with Crippen molar-refractivity contribution < 1.29 is 9.53 Å². The number of ether oxygens (including phenoxy) is 1. The summed E-state index contributed by atoms with van der Waals surface area (Å²) in [7, 11) is 0. The van der Waals surface area contributed by atoms with E-state index in [2.05, 4.69) is 23.6 Å². The van der Waals surface area contributed by atoms with Gasteiger partial charge in [-0.2, -0.15) is 0 Å². The highest BCUT2D eigenvalue weighted by molar-refractivity contribution is 6.08. The maximum atomic E-state index is 11.0. The van der Waals surface area contributed by atoms with Crippen molar-refractivity contribution in [2.75, 3.05) is 0 Å². The smallest absolute Gasteiger partial charge is 0.308 e. The number of hydrogen-bond acceptors (Lipinski definition) is 2. The summed E-state index contributed by atoms with van der Waals surface area (Å²) in [5.74, 6) is 0.302. The van der Waals surface area contributed by atoms with Crippen LogP contribution in [0.3, 0.4) is 0 Å². The highest BCUT2D eigenvalue weighted by Gasteiger charge is 2.10. The van der Waals surface area contributed by atoms with Crippen LogP contribution in [-0.4, -0.2) is 10.5 Å². The number of benzene rings is 2. The molecule has 0 aliphatic heterocycles. The highest BCUT2D eigenvalue weighted by Crippen LogP contribution is 2.31. The molecule has 1 aromatic heterocycles. The van der Waals surface area contributed by atoms with E-state index in [1.807, 2.05) is 30.3 Å². The Bertz CT molecular complexity index is 771. The Morgan fingerprint density at radius 3 is 2.58 bits per heavy atom. The van der Waals surface area contributed by atoms with Gasteiger partial charge in [0.25, 0.3) is 0 Å². The fourth-order valence-corrected chi connectivity index (χ4v) is 2.60. The first-order valence-electron chi connectivity index (χ1n) is 6.40. The average molecular weight is 253 g/mol. The highest BCUT2D eigenvalue weighted by atomic mass is 16.5. The second-order valence-corrected chi connectivity index (χ2v) is 4.53. The second kappa shape index (κ2) is 4.43. The van der Waals surface area contributed by atoms with Crippen molar-refractivity contribution >= 4 is 27.8 Å². The maximum absolute atomic E-state index is 11.0. The lowest BCUT2D eigenvalue weighted by molar-refractivity contribution is -0.131. The predicted octanol–water partition coefficient (Wildman–Crippen LogP) is 3.74. The number of rotatable bonds is 2. The molecule has 0 spiro atoms. The Hall–Kier alpha value is -2.29. The minimum Gasteiger partial charge on any atom is -0.427 e. The Morgan fingerprint density at radius 1 is 1.11 bits per heavy atom. The van der Waals surface area contributed by atoms with E-state index in [1.54, 1.807) is 0 Å². The van der Waals surface area contributed by atoms with Crippen LogP contribution in [0, 0.1) is 0 Å². The van der Waals surface area contributed by atoms with Gasteiger partial charge in [-0.3, -0.25) is 4.79 Å². The van der Waals surface area contributed by atoms with Crippen LogP contribution in [-0.2, 0) is 11.3 Å². The number of fused-ring (bicyclic) bond motifs is 3. The van der Waals surface area contributed by atoms with Gasteiger partial charge in [-0.25, -0.2) is 0 Å². The molecule has 0 aliphatic carbocycles. The van der Waals surface area contributed by atoms with Gasteiger partial charge in [-0.1, -0.05) is 18.2 Å². The summed E-state index contributed by atoms with van der Waals surface area (Å²) in [5.41, 5.74) is 2.31. The molecular formula is C16H15NO2. The van der Waals surface area contributed by atoms with Crippen molar-refractivity contribution in [3.05, 3.63) is 42.5 Å². The first kappa shape index (κ1) is 11.8. The third-order valence-electron chi connectivity index (χ3n) is 3.32. The molecule has 3 rings (SSSR count). The van der Waals surface area contributed by atoms with Crippen molar-refractivity contribution in [1.29, 1.82) is 0 Å². The van der Waals surface area contributed by atoms with Crippen LogP contribution >= 0.6 is 0 Å². The van der Waals surface area contributed by atoms with Gasteiger partial charge >= 0.3 is 5.97 Å². The van der Waals surface area contributed by atoms with E-state index in [1.165, 1.54) is 23.2 Å². The normalized spacial score (nSPS) is 11.1. The van der Waals surface area contributed by atoms with Crippen LogP contribution in [0.2, 0.25) is 0 Å². The van der Waals surface area contributed by atoms with E-state index in [9.17, 15) is 4.79 Å². The van der Waals surface area contributed by atoms with Crippen molar-refractivity contribution in [1.82, 2.24) is 4.57 Å². The molecule has 0 saturated heterocycles. The van der Waals surface area contributed by atoms with Crippen molar-refractivity contribution in [2.45, 2.75) is 20.4 Å². The molecule has 3 heteroatoms. The zero-order valence-electron chi connectivity index (χ0n) is 11.0. The summed E-state index contributed by atoms with van der Waals surface area (Å²) in [6, 6.07) is 14.1. The summed E-state index contributed by atoms with van der Waals surface area (Å²) in [6.07, 6.45) is 0. The fraction of sp³-hybridized carbons (Fsp3) is 0.188. The third kappa shape index (κ3) is 1.87. The topological polar surface area (TPSA) is 31.2 Å². The molecule has 19 heavy (non-hydrogen) atoms. The van der Waals surface area contributed by atoms with Gasteiger partial charge in [0.15, 0.2) is 0 Å². The van der Waals surface area contributed by atoms with Crippen LogP contribution in [0.5, 0.6) is 5.75 Å². The van der Waals surface area contributed by atoms with Gasteiger partial charge in [0.2, 0.25) is 0 Å². The van der Waals surface area contributed by atoms with Gasteiger partial charge in [0.1, 0.15) is 5.75 Å². The minimum absolute atomic E-state index is 0.293. The van der Waals surface area contributed by atoms with Crippen molar-refractivity contribution in [3.8, 4) is 5.75 Å². The fourth-order valence-electron chi connectivity index (χ4n) is 2.60. The molecule has 3 nitrogen and oxygen atoms in total. The average Bonchev–Trinajstić information content (AvgIpc) is 2.71. The van der Waals surface area contributed by atoms with Crippen LogP contribution in [0.1, 0.15) is 13.8 Å². The Kier molecular flexibility index (Phi) is 2.75. The summed E-state index contributed by atoms with van der Waals surface area (Å²) in [5, 5.41) is 2.42. The number of aromatic nitrogens is 1. The quantitative estimate of drug-likeness (QED) is 0.514. The standard InChI is InChI=1S/C16H15NO2/c1-3-17-15-7-5-4-6-13(15)14-9-8-12(10-16(14)17)19-11(2)18/h4-10H,3H2,1-2H3. The molecule has 0 radical (unpaired) electrons. The molecule has 0 N–H and O–H groups in total. The molecule has 2 aromatic carbocycles. The maximum Gasteiger partial charge on any atom is 0.308 e. The molecular weight excluding hydrogens is 238 g/mol. The van der Waals surface area contributed by atoms with E-state index in [-0.39, 0.29) is 5.97 Å². The van der Waals surface area contributed by atoms with E-state index in [0.29, 0.717) is 5.75 Å². The van der Waals surface area contributed by atoms with Gasteiger partial charge in [-0.15, -0.1) is 0 Å². The number of carbonyl (C=O) groups is 1. The molecule has 0 bridgehead atoms. The largest absolute Gasteiger partial charge is 0.427 e. The molecule has 0 amide bonds. The number of carbonyl (C=O) groups excluding carboxylic acids is 1. The summed E-state index contributed by atoms with van der Waals surface area (Å²) >= 11 is 0. The molecule has 0 unspecified atom stereocenters. The van der Waals surface area contributed by atoms with Gasteiger partial charge in [0, 0.05) is 35.8 Å². The van der Waals surface area contributed by atoms with E-state index in [4.69, 9.17) is 4.74 Å². The lowest BCUT2D eigenvalue weighted by Gasteiger charge is -2.05. The van der Waals surface area contributed by atoms with E-state index < -0.39 is 0 Å². The monoisotopic (exact) mass is 253 g/mol. The molecule has 1 heterocycles. The van der Waals surface area contributed by atoms with Crippen molar-refractivity contribution in [2.24, 2.45) is 0 Å². The lowest BCUT2D eigenvalue weighted by atomic mass is 10.1. The summed E-state index contributed by atoms with van der Waals surface area (Å²) in [6.45, 7) is 4.41. The number of hydrogen-bond donors (Lipinski definition) is 0. The SMILES string of the molecule is CCn1c2ccccc2c2ccc(OC(C)=O)cc21. The third-order valence-corrected chi connectivity index (χ3v) is 3.32. The zero-order valence-corrected chi connectivity index (χ0v) is 11.0. The molecule has 3 aromatic rings. The zero-order chi connectivity index (χ0) is 13.4. The molecule has 0 fully saturated rings. The first-order chi connectivity index (χ1) is 9.20. The Balaban J connectivity index is 2.32. The van der Waals surface area contributed by atoms with Crippen LogP contribution in [0.25, 0.3) is 21.8 Å². The lowest BCUT2D eigenvalue weighted by Crippen LogP contribution is -2.01. The van der Waals surface area contributed by atoms with Crippen LogP contribution < -0.4 is 4.74 Å². The van der Waals surface area contributed by atoms with Gasteiger partial charge < -0.3 is 9.30 Å². The number of esters is 1. The van der Waals surface area contributed by atoms with E-state index in [0.717, 1.165) is 12.1 Å². The molecule has 96 valence electrons. The molecule has 0 atom stereocenters.